The number of Topliss-reactive ketones (excluding diaryl/α,β-unsaturated/α-hetero) is 2. The van der Waals surface area contributed by atoms with Crippen molar-refractivity contribution in [3.8, 4) is 0 Å². The molecule has 7 heteroatoms. The van der Waals surface area contributed by atoms with Crippen LogP contribution in [-0.2, 0) is 28.7 Å². The van der Waals surface area contributed by atoms with Crippen molar-refractivity contribution in [2.45, 2.75) is 72.0 Å². The van der Waals surface area contributed by atoms with Gasteiger partial charge in [0.2, 0.25) is 11.6 Å². The maximum atomic E-state index is 13.7. The number of hydrogen-bond acceptors (Lipinski definition) is 7. The summed E-state index contributed by atoms with van der Waals surface area (Å²) in [6.45, 7) is 12.1. The van der Waals surface area contributed by atoms with Gasteiger partial charge >= 0.3 is 11.9 Å². The molecule has 0 aliphatic heterocycles. The van der Waals surface area contributed by atoms with Crippen molar-refractivity contribution in [3.63, 3.8) is 0 Å². The molecular formula is C26H34O7. The van der Waals surface area contributed by atoms with Crippen LogP contribution in [0.25, 0.3) is 0 Å². The van der Waals surface area contributed by atoms with Gasteiger partial charge in [-0.05, 0) is 31.6 Å². The summed E-state index contributed by atoms with van der Waals surface area (Å²) < 4.78 is 11.2. The highest BCUT2D eigenvalue weighted by Crippen LogP contribution is 2.77. The monoisotopic (exact) mass is 458 g/mol. The molecule has 4 aliphatic carbocycles. The zero-order valence-corrected chi connectivity index (χ0v) is 20.1. The lowest BCUT2D eigenvalue weighted by molar-refractivity contribution is -0.198. The molecule has 0 heterocycles. The predicted octanol–water partition coefficient (Wildman–Crippen LogP) is 2.95. The van der Waals surface area contributed by atoms with E-state index in [1.807, 2.05) is 6.92 Å². The third-order valence-corrected chi connectivity index (χ3v) is 8.78. The molecule has 7 nitrogen and oxygen atoms in total. The molecule has 0 bridgehead atoms. The van der Waals surface area contributed by atoms with Crippen molar-refractivity contribution in [1.82, 2.24) is 0 Å². The number of aliphatic hydroxyl groups is 1. The lowest BCUT2D eigenvalue weighted by Gasteiger charge is -2.57. The van der Waals surface area contributed by atoms with E-state index in [9.17, 15) is 24.3 Å². The Morgan fingerprint density at radius 2 is 1.94 bits per heavy atom. The summed E-state index contributed by atoms with van der Waals surface area (Å²) in [6, 6.07) is 0. The lowest BCUT2D eigenvalue weighted by atomic mass is 9.47. The van der Waals surface area contributed by atoms with Crippen LogP contribution >= 0.6 is 0 Å². The molecule has 180 valence electrons. The van der Waals surface area contributed by atoms with E-state index in [1.165, 1.54) is 6.92 Å². The first-order chi connectivity index (χ1) is 15.3. The second-order valence-electron chi connectivity index (χ2n) is 11.3. The summed E-state index contributed by atoms with van der Waals surface area (Å²) in [7, 11) is 0. The Kier molecular flexibility index (Phi) is 5.32. The van der Waals surface area contributed by atoms with Crippen LogP contribution < -0.4 is 0 Å². The van der Waals surface area contributed by atoms with Crippen LogP contribution in [0.2, 0.25) is 0 Å². The zero-order valence-electron chi connectivity index (χ0n) is 20.1. The first kappa shape index (κ1) is 23.9. The van der Waals surface area contributed by atoms with Crippen LogP contribution in [0, 0.1) is 34.0 Å². The Morgan fingerprint density at radius 3 is 2.52 bits per heavy atom. The SMILES string of the molecule is C=C[C@]1(C)C=C2C(=O)C(=O)[C@H]3[C@](C)(COC(=O)C(C)C)[C@H](OC(C)=O)C[C@H]4C[C@]43[C@@]2(O)CC1. The van der Waals surface area contributed by atoms with Crippen LogP contribution in [-0.4, -0.2) is 46.9 Å². The topological polar surface area (TPSA) is 107 Å². The van der Waals surface area contributed by atoms with Gasteiger partial charge in [-0.25, -0.2) is 0 Å². The fraction of sp³-hybridized carbons (Fsp3) is 0.692. The number of rotatable bonds is 5. The van der Waals surface area contributed by atoms with E-state index < -0.39 is 57.4 Å². The zero-order chi connectivity index (χ0) is 24.6. The van der Waals surface area contributed by atoms with Crippen LogP contribution in [0.3, 0.4) is 0 Å². The fourth-order valence-electron chi connectivity index (χ4n) is 6.80. The Balaban J connectivity index is 1.82. The van der Waals surface area contributed by atoms with E-state index in [0.29, 0.717) is 25.7 Å². The number of hydrogen-bond donors (Lipinski definition) is 1. The van der Waals surface area contributed by atoms with E-state index in [0.717, 1.165) is 0 Å². The van der Waals surface area contributed by atoms with Gasteiger partial charge in [-0.2, -0.15) is 0 Å². The third-order valence-electron chi connectivity index (χ3n) is 8.78. The summed E-state index contributed by atoms with van der Waals surface area (Å²) >= 11 is 0. The molecular weight excluding hydrogens is 424 g/mol. The van der Waals surface area contributed by atoms with Crippen molar-refractivity contribution in [3.05, 3.63) is 24.3 Å². The van der Waals surface area contributed by atoms with Crippen molar-refractivity contribution in [2.75, 3.05) is 6.61 Å². The van der Waals surface area contributed by atoms with Gasteiger partial charge in [0, 0.05) is 34.7 Å². The molecule has 4 aliphatic rings. The van der Waals surface area contributed by atoms with Gasteiger partial charge < -0.3 is 14.6 Å². The summed E-state index contributed by atoms with van der Waals surface area (Å²) in [5, 5.41) is 12.1. The summed E-state index contributed by atoms with van der Waals surface area (Å²) in [6.07, 6.45) is 4.71. The Morgan fingerprint density at radius 1 is 1.27 bits per heavy atom. The second kappa shape index (κ2) is 7.36. The number of allylic oxidation sites excluding steroid dienone is 2. The van der Waals surface area contributed by atoms with Crippen LogP contribution in [0.5, 0.6) is 0 Å². The van der Waals surface area contributed by atoms with E-state index in [4.69, 9.17) is 9.47 Å². The fourth-order valence-corrected chi connectivity index (χ4v) is 6.80. The normalized spacial score (nSPS) is 43.6. The molecule has 33 heavy (non-hydrogen) atoms. The van der Waals surface area contributed by atoms with E-state index >= 15 is 0 Å². The third kappa shape index (κ3) is 3.18. The second-order valence-corrected chi connectivity index (χ2v) is 11.3. The highest BCUT2D eigenvalue weighted by molar-refractivity contribution is 6.46. The average Bonchev–Trinajstić information content (AvgIpc) is 3.47. The van der Waals surface area contributed by atoms with Gasteiger partial charge in [0.1, 0.15) is 12.7 Å². The smallest absolute Gasteiger partial charge is 0.308 e. The number of esters is 2. The first-order valence-corrected chi connectivity index (χ1v) is 11.8. The van der Waals surface area contributed by atoms with E-state index in [-0.39, 0.29) is 24.0 Å². The Labute approximate surface area is 194 Å². The van der Waals surface area contributed by atoms with Crippen LogP contribution in [0.15, 0.2) is 24.3 Å². The Bertz CT molecular complexity index is 979. The minimum absolute atomic E-state index is 0.0701. The number of carbonyl (C=O) groups is 4. The van der Waals surface area contributed by atoms with Gasteiger partial charge in [-0.3, -0.25) is 19.2 Å². The number of ketones is 2. The van der Waals surface area contributed by atoms with Gasteiger partial charge in [-0.15, -0.1) is 6.58 Å². The summed E-state index contributed by atoms with van der Waals surface area (Å²) in [5.41, 5.74) is -3.71. The highest BCUT2D eigenvalue weighted by Gasteiger charge is 2.82. The number of fused-ring (bicyclic) bond motifs is 1. The largest absolute Gasteiger partial charge is 0.465 e. The molecule has 1 N–H and O–H groups in total. The van der Waals surface area contributed by atoms with Crippen molar-refractivity contribution in [2.24, 2.45) is 34.0 Å². The molecule has 0 saturated heterocycles. The molecule has 7 atom stereocenters. The molecule has 0 aromatic rings. The molecule has 4 rings (SSSR count). The van der Waals surface area contributed by atoms with Crippen LogP contribution in [0.4, 0.5) is 0 Å². The maximum absolute atomic E-state index is 13.7. The predicted molar refractivity (Wildman–Crippen MR) is 119 cm³/mol. The van der Waals surface area contributed by atoms with Gasteiger partial charge in [0.05, 0.1) is 11.5 Å². The average molecular weight is 459 g/mol. The molecule has 1 spiro atoms. The lowest BCUT2D eigenvalue weighted by Crippen LogP contribution is -2.67. The van der Waals surface area contributed by atoms with Crippen LogP contribution in [0.1, 0.15) is 60.3 Å². The molecule has 3 fully saturated rings. The molecule has 3 saturated carbocycles. The van der Waals surface area contributed by atoms with Gasteiger partial charge in [-0.1, -0.05) is 39.8 Å². The summed E-state index contributed by atoms with van der Waals surface area (Å²) in [4.78, 5) is 51.3. The highest BCUT2D eigenvalue weighted by atomic mass is 16.6. The molecule has 0 radical (unpaired) electrons. The van der Waals surface area contributed by atoms with E-state index in [1.54, 1.807) is 32.9 Å². The van der Waals surface area contributed by atoms with Crippen molar-refractivity contribution >= 4 is 23.5 Å². The maximum Gasteiger partial charge on any atom is 0.308 e. The van der Waals surface area contributed by atoms with Gasteiger partial charge in [0.25, 0.3) is 0 Å². The Hall–Kier alpha value is -2.28. The quantitative estimate of drug-likeness (QED) is 0.383. The minimum Gasteiger partial charge on any atom is -0.465 e. The molecule has 0 unspecified atom stereocenters. The molecule has 0 aromatic carbocycles. The number of ether oxygens (including phenoxy) is 2. The first-order valence-electron chi connectivity index (χ1n) is 11.8. The number of carbonyl (C=O) groups excluding carboxylic acids is 4. The minimum atomic E-state index is -1.44. The molecule has 0 aromatic heterocycles. The summed E-state index contributed by atoms with van der Waals surface area (Å²) in [5.74, 6) is -3.57. The molecule has 0 amide bonds. The van der Waals surface area contributed by atoms with Crippen molar-refractivity contribution < 1.29 is 33.8 Å². The standard InChI is InChI=1S/C26H34O7/c1-7-23(5)8-9-26(31)17(12-23)19(28)20(29)21-24(6,13-32-22(30)14(2)3)18(33-15(4)27)10-16-11-25(16,21)26/h7,12,14,16,18,21,31H,1,8-11,13H2,2-6H3/t16-,18+,21-,23-,24+,25-,26+/m0/s1. The van der Waals surface area contributed by atoms with Crippen molar-refractivity contribution in [1.29, 1.82) is 0 Å². The van der Waals surface area contributed by atoms with Gasteiger partial charge in [0.15, 0.2) is 0 Å². The van der Waals surface area contributed by atoms with E-state index in [2.05, 4.69) is 6.58 Å².